The quantitative estimate of drug-likeness (QED) is 0.481. The number of fused-ring (bicyclic) bond motifs is 1. The molecule has 0 spiro atoms. The largest absolute Gasteiger partial charge is 0.390 e. The van der Waals surface area contributed by atoms with Gasteiger partial charge in [0.2, 0.25) is 0 Å². The Hall–Kier alpha value is -0.880. The lowest BCUT2D eigenvalue weighted by molar-refractivity contribution is 0.0625. The molecule has 0 saturated heterocycles. The first-order valence-corrected chi connectivity index (χ1v) is 7.45. The Morgan fingerprint density at radius 3 is 3.11 bits per heavy atom. The predicted octanol–water partition coefficient (Wildman–Crippen LogP) is 2.95. The molecule has 0 aliphatic carbocycles. The second-order valence-corrected chi connectivity index (χ2v) is 6.04. The van der Waals surface area contributed by atoms with Gasteiger partial charge in [0.1, 0.15) is 0 Å². The maximum atomic E-state index is 9.71. The molecule has 0 bridgehead atoms. The van der Waals surface area contributed by atoms with Crippen molar-refractivity contribution in [3.05, 3.63) is 36.9 Å². The number of ether oxygens (including phenoxy) is 1. The van der Waals surface area contributed by atoms with Crippen molar-refractivity contribution in [3.63, 3.8) is 0 Å². The van der Waals surface area contributed by atoms with Crippen LogP contribution in [0.1, 0.15) is 0 Å². The summed E-state index contributed by atoms with van der Waals surface area (Å²) in [4.78, 5) is 4.49. The lowest BCUT2D eigenvalue weighted by Gasteiger charge is -2.08. The van der Waals surface area contributed by atoms with Crippen molar-refractivity contribution < 1.29 is 9.84 Å². The molecule has 1 N–H and O–H groups in total. The average molecular weight is 281 g/mol. The Kier molecular flexibility index (Phi) is 5.19. The summed E-state index contributed by atoms with van der Waals surface area (Å²) in [5.74, 6) is 0.594. The molecule has 0 aliphatic heterocycles. The highest BCUT2D eigenvalue weighted by molar-refractivity contribution is 8.01. The molecule has 96 valence electrons. The number of aliphatic hydroxyl groups excluding tert-OH is 1. The number of thioether (sulfide) groups is 1. The van der Waals surface area contributed by atoms with Crippen LogP contribution in [0.4, 0.5) is 0 Å². The molecule has 1 atom stereocenters. The summed E-state index contributed by atoms with van der Waals surface area (Å²) in [7, 11) is 0. The van der Waals surface area contributed by atoms with E-state index in [9.17, 15) is 5.11 Å². The van der Waals surface area contributed by atoms with Crippen LogP contribution in [0.25, 0.3) is 10.2 Å². The Bertz CT molecular complexity index is 479. The van der Waals surface area contributed by atoms with Crippen molar-refractivity contribution in [2.75, 3.05) is 19.0 Å². The van der Waals surface area contributed by atoms with Gasteiger partial charge in [-0.1, -0.05) is 30.0 Å². The van der Waals surface area contributed by atoms with E-state index < -0.39 is 6.10 Å². The van der Waals surface area contributed by atoms with E-state index in [4.69, 9.17) is 4.74 Å². The van der Waals surface area contributed by atoms with Gasteiger partial charge in [-0.2, -0.15) is 0 Å². The average Bonchev–Trinajstić information content (AvgIpc) is 2.79. The highest BCUT2D eigenvalue weighted by Gasteiger charge is 2.08. The summed E-state index contributed by atoms with van der Waals surface area (Å²) in [6, 6.07) is 8.04. The molecule has 2 rings (SSSR count). The Labute approximate surface area is 115 Å². The van der Waals surface area contributed by atoms with Gasteiger partial charge in [0, 0.05) is 5.75 Å². The number of hydrogen-bond donors (Lipinski definition) is 1. The minimum atomic E-state index is -0.470. The van der Waals surface area contributed by atoms with Crippen molar-refractivity contribution >= 4 is 33.3 Å². The second kappa shape index (κ2) is 6.89. The van der Waals surface area contributed by atoms with Gasteiger partial charge in [0.15, 0.2) is 4.34 Å². The minimum Gasteiger partial charge on any atom is -0.390 e. The minimum absolute atomic E-state index is 0.337. The number of aromatic nitrogens is 1. The predicted molar refractivity (Wildman–Crippen MR) is 77.4 cm³/mol. The third-order valence-corrected chi connectivity index (χ3v) is 4.54. The molecule has 3 nitrogen and oxygen atoms in total. The topological polar surface area (TPSA) is 42.4 Å². The molecule has 1 aromatic carbocycles. The molecule has 1 aromatic heterocycles. The summed E-state index contributed by atoms with van der Waals surface area (Å²) in [6.07, 6.45) is 1.20. The van der Waals surface area contributed by atoms with E-state index in [0.29, 0.717) is 19.0 Å². The molecular weight excluding hydrogens is 266 g/mol. The number of nitrogens with zero attached hydrogens (tertiary/aromatic N) is 1. The summed E-state index contributed by atoms with van der Waals surface area (Å²) < 4.78 is 7.36. The first-order valence-electron chi connectivity index (χ1n) is 5.64. The zero-order chi connectivity index (χ0) is 12.8. The van der Waals surface area contributed by atoms with Crippen LogP contribution in [0.5, 0.6) is 0 Å². The Morgan fingerprint density at radius 2 is 2.33 bits per heavy atom. The summed E-state index contributed by atoms with van der Waals surface area (Å²) in [6.45, 7) is 4.37. The number of para-hydroxylation sites is 1. The second-order valence-electron chi connectivity index (χ2n) is 3.74. The number of thiazole rings is 1. The fourth-order valence-electron chi connectivity index (χ4n) is 1.42. The van der Waals surface area contributed by atoms with Crippen molar-refractivity contribution in [2.24, 2.45) is 0 Å². The van der Waals surface area contributed by atoms with E-state index in [0.717, 1.165) is 9.86 Å². The maximum Gasteiger partial charge on any atom is 0.151 e. The molecule has 0 saturated carbocycles. The lowest BCUT2D eigenvalue weighted by Crippen LogP contribution is -2.17. The van der Waals surface area contributed by atoms with Gasteiger partial charge < -0.3 is 9.84 Å². The van der Waals surface area contributed by atoms with E-state index in [1.54, 1.807) is 29.2 Å². The zero-order valence-corrected chi connectivity index (χ0v) is 11.5. The molecule has 5 heteroatoms. The van der Waals surface area contributed by atoms with Gasteiger partial charge in [-0.05, 0) is 12.1 Å². The molecule has 0 radical (unpaired) electrons. The van der Waals surface area contributed by atoms with E-state index in [2.05, 4.69) is 17.6 Å². The van der Waals surface area contributed by atoms with Crippen LogP contribution in [0.15, 0.2) is 41.3 Å². The van der Waals surface area contributed by atoms with Crippen LogP contribution in [-0.2, 0) is 4.74 Å². The lowest BCUT2D eigenvalue weighted by atomic mass is 10.3. The molecular formula is C13H15NO2S2. The molecule has 18 heavy (non-hydrogen) atoms. The monoisotopic (exact) mass is 281 g/mol. The fourth-order valence-corrected chi connectivity index (χ4v) is 3.42. The van der Waals surface area contributed by atoms with Gasteiger partial charge in [0.05, 0.1) is 29.5 Å². The highest BCUT2D eigenvalue weighted by atomic mass is 32.2. The third kappa shape index (κ3) is 3.81. The van der Waals surface area contributed by atoms with E-state index in [1.165, 1.54) is 4.70 Å². The van der Waals surface area contributed by atoms with Gasteiger partial charge in [-0.25, -0.2) is 4.98 Å². The molecule has 1 heterocycles. The maximum absolute atomic E-state index is 9.71. The number of hydrogen-bond acceptors (Lipinski definition) is 5. The molecule has 1 unspecified atom stereocenters. The molecule has 0 fully saturated rings. The van der Waals surface area contributed by atoms with Crippen molar-refractivity contribution in [1.29, 1.82) is 0 Å². The van der Waals surface area contributed by atoms with Crippen LogP contribution in [0.2, 0.25) is 0 Å². The first kappa shape index (κ1) is 13.5. The van der Waals surface area contributed by atoms with E-state index in [1.807, 2.05) is 18.2 Å². The standard InChI is InChI=1S/C13H15NO2S2/c1-2-7-16-8-10(15)9-17-13-14-11-5-3-4-6-12(11)18-13/h2-6,10,15H,1,7-9H2. The smallest absolute Gasteiger partial charge is 0.151 e. The van der Waals surface area contributed by atoms with Crippen LogP contribution >= 0.6 is 23.1 Å². The van der Waals surface area contributed by atoms with Gasteiger partial charge in [0.25, 0.3) is 0 Å². The van der Waals surface area contributed by atoms with Crippen LogP contribution in [0.3, 0.4) is 0 Å². The normalized spacial score (nSPS) is 12.7. The van der Waals surface area contributed by atoms with Crippen LogP contribution < -0.4 is 0 Å². The number of benzene rings is 1. The molecule has 0 aliphatic rings. The Morgan fingerprint density at radius 1 is 1.50 bits per heavy atom. The third-order valence-electron chi connectivity index (χ3n) is 2.22. The van der Waals surface area contributed by atoms with Gasteiger partial charge in [-0.3, -0.25) is 0 Å². The SMILES string of the molecule is C=CCOCC(O)CSc1nc2ccccc2s1. The fraction of sp³-hybridized carbons (Fsp3) is 0.308. The Balaban J connectivity index is 1.84. The number of rotatable bonds is 7. The highest BCUT2D eigenvalue weighted by Crippen LogP contribution is 2.29. The van der Waals surface area contributed by atoms with Crippen molar-refractivity contribution in [3.8, 4) is 0 Å². The summed E-state index contributed by atoms with van der Waals surface area (Å²) in [5.41, 5.74) is 1.02. The molecule has 2 aromatic rings. The van der Waals surface area contributed by atoms with E-state index >= 15 is 0 Å². The summed E-state index contributed by atoms with van der Waals surface area (Å²) >= 11 is 3.22. The van der Waals surface area contributed by atoms with Crippen LogP contribution in [0, 0.1) is 0 Å². The summed E-state index contributed by atoms with van der Waals surface area (Å²) in [5, 5.41) is 9.71. The zero-order valence-electron chi connectivity index (χ0n) is 9.91. The van der Waals surface area contributed by atoms with Crippen LogP contribution in [-0.4, -0.2) is 35.2 Å². The van der Waals surface area contributed by atoms with Crippen molar-refractivity contribution in [1.82, 2.24) is 4.98 Å². The first-order chi connectivity index (χ1) is 8.79. The van der Waals surface area contributed by atoms with Gasteiger partial charge in [-0.15, -0.1) is 17.9 Å². The molecule has 0 amide bonds. The number of aliphatic hydroxyl groups is 1. The van der Waals surface area contributed by atoms with Gasteiger partial charge >= 0.3 is 0 Å². The van der Waals surface area contributed by atoms with Crippen molar-refractivity contribution in [2.45, 2.75) is 10.4 Å². The van der Waals surface area contributed by atoms with E-state index in [-0.39, 0.29) is 0 Å².